The second kappa shape index (κ2) is 10.1. The third-order valence-corrected chi connectivity index (χ3v) is 5.70. The van der Waals surface area contributed by atoms with Gasteiger partial charge in [-0.05, 0) is 49.4 Å². The number of aryl methyl sites for hydroxylation is 1. The number of hydrogen-bond acceptors (Lipinski definition) is 4. The zero-order chi connectivity index (χ0) is 25.1. The second-order valence-electron chi connectivity index (χ2n) is 7.60. The molecular formula is C25H20Cl2N4O4. The quantitative estimate of drug-likeness (QED) is 0.320. The molecule has 0 bridgehead atoms. The molecule has 10 heteroatoms. The molecular weight excluding hydrogens is 491 g/mol. The minimum absolute atomic E-state index is 0.0482. The number of nitrogens with one attached hydrogen (secondary N) is 3. The Morgan fingerprint density at radius 2 is 1.63 bits per heavy atom. The molecule has 35 heavy (non-hydrogen) atoms. The van der Waals surface area contributed by atoms with Crippen molar-refractivity contribution in [1.82, 2.24) is 4.68 Å². The molecule has 0 aliphatic carbocycles. The molecule has 3 N–H and O–H groups in total. The zero-order valence-corrected chi connectivity index (χ0v) is 20.2. The molecule has 8 nitrogen and oxygen atoms in total. The Kier molecular flexibility index (Phi) is 6.95. The lowest BCUT2D eigenvalue weighted by Crippen LogP contribution is -2.36. The van der Waals surface area contributed by atoms with Gasteiger partial charge in [0.1, 0.15) is 17.0 Å². The van der Waals surface area contributed by atoms with Gasteiger partial charge in [-0.2, -0.15) is 0 Å². The van der Waals surface area contributed by atoms with Crippen LogP contribution in [0.1, 0.15) is 16.1 Å². The molecule has 1 heterocycles. The largest absolute Gasteiger partial charge is 0.494 e. The lowest BCUT2D eigenvalue weighted by Gasteiger charge is -2.14. The first-order valence-electron chi connectivity index (χ1n) is 10.4. The molecule has 1 aromatic heterocycles. The van der Waals surface area contributed by atoms with E-state index >= 15 is 0 Å². The van der Waals surface area contributed by atoms with Gasteiger partial charge in [0.05, 0.1) is 17.8 Å². The van der Waals surface area contributed by atoms with E-state index in [1.165, 1.54) is 17.9 Å². The summed E-state index contributed by atoms with van der Waals surface area (Å²) in [6.45, 7) is 1.91. The van der Waals surface area contributed by atoms with Crippen molar-refractivity contribution in [3.8, 4) is 5.75 Å². The van der Waals surface area contributed by atoms with Crippen molar-refractivity contribution in [2.45, 2.75) is 6.92 Å². The second-order valence-corrected chi connectivity index (χ2v) is 8.45. The van der Waals surface area contributed by atoms with E-state index in [2.05, 4.69) is 16.1 Å². The Hall–Kier alpha value is -4.01. The molecule has 0 unspecified atom stereocenters. The van der Waals surface area contributed by atoms with E-state index in [-0.39, 0.29) is 10.7 Å². The van der Waals surface area contributed by atoms with Crippen molar-refractivity contribution in [3.63, 3.8) is 0 Å². The summed E-state index contributed by atoms with van der Waals surface area (Å²) in [7, 11) is 1.46. The first-order chi connectivity index (χ1) is 16.8. The molecule has 0 fully saturated rings. The summed E-state index contributed by atoms with van der Waals surface area (Å²) >= 11 is 12.1. The molecule has 0 aliphatic heterocycles. The third-order valence-electron chi connectivity index (χ3n) is 5.15. The highest BCUT2D eigenvalue weighted by Crippen LogP contribution is 2.30. The first-order valence-corrected chi connectivity index (χ1v) is 11.2. The molecule has 0 saturated carbocycles. The Bertz CT molecular complexity index is 1450. The lowest BCUT2D eigenvalue weighted by molar-refractivity contribution is -0.133. The third kappa shape index (κ3) is 5.24. The first kappa shape index (κ1) is 24.1. The van der Waals surface area contributed by atoms with E-state index in [0.29, 0.717) is 33.0 Å². The van der Waals surface area contributed by atoms with E-state index in [9.17, 15) is 14.4 Å². The van der Waals surface area contributed by atoms with Gasteiger partial charge >= 0.3 is 11.8 Å². The van der Waals surface area contributed by atoms with Crippen molar-refractivity contribution in [3.05, 3.63) is 88.0 Å². The summed E-state index contributed by atoms with van der Waals surface area (Å²) in [4.78, 5) is 38.6. The van der Waals surface area contributed by atoms with E-state index in [0.717, 1.165) is 5.56 Å². The van der Waals surface area contributed by atoms with Crippen LogP contribution in [0.3, 0.4) is 0 Å². The smallest absolute Gasteiger partial charge is 0.328 e. The van der Waals surface area contributed by atoms with E-state index in [1.54, 1.807) is 48.5 Å². The SMILES string of the molecule is COc1cccc2cc(C(=O)Nc3ccc(Cl)cc3Cl)n(NC(=O)C(=O)Nc3ccc(C)cc3)c12. The van der Waals surface area contributed by atoms with Crippen molar-refractivity contribution in [1.29, 1.82) is 0 Å². The number of halogens is 2. The fraction of sp³-hybridized carbons (Fsp3) is 0.0800. The maximum absolute atomic E-state index is 13.2. The number of para-hydroxylation sites is 1. The number of hydrogen-bond donors (Lipinski definition) is 3. The summed E-state index contributed by atoms with van der Waals surface area (Å²) in [5.41, 5.74) is 4.75. The predicted octanol–water partition coefficient (Wildman–Crippen LogP) is 5.23. The van der Waals surface area contributed by atoms with Gasteiger partial charge in [-0.25, -0.2) is 4.68 Å². The van der Waals surface area contributed by atoms with Gasteiger partial charge in [-0.1, -0.05) is 53.0 Å². The normalized spacial score (nSPS) is 10.6. The van der Waals surface area contributed by atoms with Crippen LogP contribution in [0.25, 0.3) is 10.9 Å². The number of amides is 3. The molecule has 0 aliphatic rings. The van der Waals surface area contributed by atoms with Gasteiger partial charge in [-0.15, -0.1) is 0 Å². The average Bonchev–Trinajstić information content (AvgIpc) is 3.21. The van der Waals surface area contributed by atoms with E-state index in [1.807, 2.05) is 19.1 Å². The fourth-order valence-electron chi connectivity index (χ4n) is 3.43. The number of ether oxygens (including phenoxy) is 1. The van der Waals surface area contributed by atoms with Crippen LogP contribution >= 0.6 is 23.2 Å². The number of carbonyl (C=O) groups is 3. The summed E-state index contributed by atoms with van der Waals surface area (Å²) in [5, 5.41) is 6.50. The van der Waals surface area contributed by atoms with Crippen LogP contribution in [0.2, 0.25) is 10.0 Å². The molecule has 3 aromatic carbocycles. The number of fused-ring (bicyclic) bond motifs is 1. The summed E-state index contributed by atoms with van der Waals surface area (Å²) in [5.74, 6) is -2.07. The van der Waals surface area contributed by atoms with Crippen molar-refractivity contribution < 1.29 is 19.1 Å². The molecule has 0 atom stereocenters. The highest BCUT2D eigenvalue weighted by molar-refractivity contribution is 6.42. The highest BCUT2D eigenvalue weighted by atomic mass is 35.5. The number of aromatic nitrogens is 1. The van der Waals surface area contributed by atoms with Crippen molar-refractivity contribution in [2.24, 2.45) is 0 Å². The molecule has 4 aromatic rings. The number of rotatable bonds is 5. The average molecular weight is 511 g/mol. The van der Waals surface area contributed by atoms with Crippen LogP contribution in [-0.4, -0.2) is 29.5 Å². The Morgan fingerprint density at radius 3 is 2.31 bits per heavy atom. The maximum atomic E-state index is 13.2. The highest BCUT2D eigenvalue weighted by Gasteiger charge is 2.23. The van der Waals surface area contributed by atoms with Gasteiger partial charge in [0.15, 0.2) is 0 Å². The number of benzene rings is 3. The summed E-state index contributed by atoms with van der Waals surface area (Å²) in [6, 6.07) is 18.4. The number of carbonyl (C=O) groups excluding carboxylic acids is 3. The van der Waals surface area contributed by atoms with Gasteiger partial charge in [0.25, 0.3) is 5.91 Å². The van der Waals surface area contributed by atoms with Crippen LogP contribution < -0.4 is 20.8 Å². The Labute approximate surface area is 210 Å². The van der Waals surface area contributed by atoms with Gasteiger partial charge in [0.2, 0.25) is 0 Å². The fourth-order valence-corrected chi connectivity index (χ4v) is 3.89. The summed E-state index contributed by atoms with van der Waals surface area (Å²) < 4.78 is 6.63. The van der Waals surface area contributed by atoms with Crippen molar-refractivity contribution in [2.75, 3.05) is 23.2 Å². The number of anilines is 2. The Morgan fingerprint density at radius 1 is 0.886 bits per heavy atom. The maximum Gasteiger partial charge on any atom is 0.328 e. The lowest BCUT2D eigenvalue weighted by atomic mass is 10.2. The number of nitrogens with zero attached hydrogens (tertiary/aromatic N) is 1. The molecule has 178 valence electrons. The van der Waals surface area contributed by atoms with Crippen LogP contribution in [-0.2, 0) is 9.59 Å². The van der Waals surface area contributed by atoms with Crippen molar-refractivity contribution >= 4 is 63.2 Å². The predicted molar refractivity (Wildman–Crippen MR) is 137 cm³/mol. The standard InChI is InChI=1S/C25H20Cl2N4O4/c1-14-6-9-17(10-7-14)28-24(33)25(34)30-31-20(12-15-4-3-5-21(35-2)22(15)31)23(32)29-19-11-8-16(26)13-18(19)27/h3-13H,1-2H3,(H,28,33)(H,29,32)(H,30,34). The van der Waals surface area contributed by atoms with Gasteiger partial charge in [-0.3, -0.25) is 19.8 Å². The van der Waals surface area contributed by atoms with E-state index in [4.69, 9.17) is 27.9 Å². The van der Waals surface area contributed by atoms with Gasteiger partial charge < -0.3 is 15.4 Å². The van der Waals surface area contributed by atoms with E-state index < -0.39 is 17.7 Å². The minimum atomic E-state index is -0.979. The van der Waals surface area contributed by atoms with Crippen LogP contribution in [0.4, 0.5) is 11.4 Å². The van der Waals surface area contributed by atoms with Crippen LogP contribution in [0.5, 0.6) is 5.75 Å². The summed E-state index contributed by atoms with van der Waals surface area (Å²) in [6.07, 6.45) is 0. The van der Waals surface area contributed by atoms with Gasteiger partial charge in [0, 0.05) is 16.1 Å². The Balaban J connectivity index is 1.67. The molecule has 0 saturated heterocycles. The molecule has 3 amide bonds. The number of methoxy groups -OCH3 is 1. The molecule has 4 rings (SSSR count). The zero-order valence-electron chi connectivity index (χ0n) is 18.7. The molecule has 0 spiro atoms. The monoisotopic (exact) mass is 510 g/mol. The van der Waals surface area contributed by atoms with Crippen LogP contribution in [0.15, 0.2) is 66.7 Å². The van der Waals surface area contributed by atoms with Crippen LogP contribution in [0, 0.1) is 6.92 Å². The molecule has 0 radical (unpaired) electrons. The topological polar surface area (TPSA) is 101 Å². The minimum Gasteiger partial charge on any atom is -0.494 e.